The van der Waals surface area contributed by atoms with Gasteiger partial charge in [0.1, 0.15) is 0 Å². The summed E-state index contributed by atoms with van der Waals surface area (Å²) < 4.78 is 0. The zero-order chi connectivity index (χ0) is 10.6. The minimum Gasteiger partial charge on any atom is -0.330 e. The second-order valence-corrected chi connectivity index (χ2v) is 4.87. The number of nitrogens with two attached hydrogens (primary N) is 1. The molecule has 0 aromatic heterocycles. The number of thiol groups is 1. The van der Waals surface area contributed by atoms with Crippen molar-refractivity contribution < 1.29 is 0 Å². The monoisotopic (exact) mass is 217 g/mol. The summed E-state index contributed by atoms with van der Waals surface area (Å²) in [5.41, 5.74) is 5.47. The third kappa shape index (κ3) is 10.4. The zero-order valence-corrected chi connectivity index (χ0v) is 10.6. The van der Waals surface area contributed by atoms with Crippen LogP contribution in [0.15, 0.2) is 0 Å². The van der Waals surface area contributed by atoms with Crippen LogP contribution in [-0.2, 0) is 0 Å². The van der Waals surface area contributed by atoms with Gasteiger partial charge >= 0.3 is 0 Å². The molecule has 0 saturated carbocycles. The smallest absolute Gasteiger partial charge is 0.00288 e. The first kappa shape index (κ1) is 14.3. The molecule has 0 rings (SSSR count). The molecule has 14 heavy (non-hydrogen) atoms. The fraction of sp³-hybridized carbons (Fsp3) is 1.00. The van der Waals surface area contributed by atoms with Gasteiger partial charge in [-0.15, -0.1) is 0 Å². The van der Waals surface area contributed by atoms with Crippen molar-refractivity contribution in [2.24, 2.45) is 5.73 Å². The van der Waals surface area contributed by atoms with Crippen LogP contribution in [0.3, 0.4) is 0 Å². The van der Waals surface area contributed by atoms with Crippen molar-refractivity contribution in [2.45, 2.75) is 70.0 Å². The molecular formula is C12H27NS. The van der Waals surface area contributed by atoms with Gasteiger partial charge in [0.15, 0.2) is 0 Å². The Morgan fingerprint density at radius 1 is 0.929 bits per heavy atom. The van der Waals surface area contributed by atoms with Gasteiger partial charge in [0.25, 0.3) is 0 Å². The molecule has 0 bridgehead atoms. The molecule has 2 heteroatoms. The summed E-state index contributed by atoms with van der Waals surface area (Å²) in [6.45, 7) is 3.04. The van der Waals surface area contributed by atoms with Crippen molar-refractivity contribution in [3.05, 3.63) is 0 Å². The molecule has 1 nitrogen and oxygen atoms in total. The SMILES string of the molecule is CCCCCCCCCC(S)CCN. The molecule has 0 radical (unpaired) electrons. The van der Waals surface area contributed by atoms with Crippen LogP contribution >= 0.6 is 12.6 Å². The van der Waals surface area contributed by atoms with E-state index in [2.05, 4.69) is 19.6 Å². The van der Waals surface area contributed by atoms with E-state index in [0.717, 1.165) is 13.0 Å². The van der Waals surface area contributed by atoms with E-state index in [0.29, 0.717) is 5.25 Å². The minimum absolute atomic E-state index is 0.538. The molecular weight excluding hydrogens is 190 g/mol. The molecule has 0 fully saturated rings. The lowest BCUT2D eigenvalue weighted by atomic mass is 10.1. The molecule has 0 amide bonds. The Morgan fingerprint density at radius 2 is 1.50 bits per heavy atom. The number of hydrogen-bond acceptors (Lipinski definition) is 2. The first-order chi connectivity index (χ1) is 6.81. The fourth-order valence-corrected chi connectivity index (χ4v) is 2.01. The van der Waals surface area contributed by atoms with Crippen molar-refractivity contribution in [3.8, 4) is 0 Å². The van der Waals surface area contributed by atoms with Gasteiger partial charge in [-0.3, -0.25) is 0 Å². The Labute approximate surface area is 95.2 Å². The van der Waals surface area contributed by atoms with E-state index < -0.39 is 0 Å². The van der Waals surface area contributed by atoms with E-state index in [1.165, 1.54) is 51.4 Å². The Morgan fingerprint density at radius 3 is 2.07 bits per heavy atom. The lowest BCUT2D eigenvalue weighted by molar-refractivity contribution is 0.564. The summed E-state index contributed by atoms with van der Waals surface area (Å²) >= 11 is 4.49. The van der Waals surface area contributed by atoms with Gasteiger partial charge in [-0.25, -0.2) is 0 Å². The Kier molecular flexibility index (Phi) is 11.6. The standard InChI is InChI=1S/C12H27NS/c1-2-3-4-5-6-7-8-9-12(14)10-11-13/h12,14H,2-11,13H2,1H3. The third-order valence-electron chi connectivity index (χ3n) is 2.64. The molecule has 1 atom stereocenters. The van der Waals surface area contributed by atoms with Gasteiger partial charge in [0.2, 0.25) is 0 Å². The van der Waals surface area contributed by atoms with Gasteiger partial charge in [-0.2, -0.15) is 12.6 Å². The number of rotatable bonds is 10. The topological polar surface area (TPSA) is 26.0 Å². The van der Waals surface area contributed by atoms with E-state index in [9.17, 15) is 0 Å². The van der Waals surface area contributed by atoms with Crippen LogP contribution in [0.1, 0.15) is 64.7 Å². The highest BCUT2D eigenvalue weighted by Gasteiger charge is 2.00. The molecule has 0 spiro atoms. The summed E-state index contributed by atoms with van der Waals surface area (Å²) in [6.07, 6.45) is 12.0. The largest absolute Gasteiger partial charge is 0.330 e. The van der Waals surface area contributed by atoms with Crippen LogP contribution in [0.5, 0.6) is 0 Å². The van der Waals surface area contributed by atoms with Gasteiger partial charge in [-0.05, 0) is 19.4 Å². The molecule has 86 valence electrons. The average Bonchev–Trinajstić information content (AvgIpc) is 2.17. The quantitative estimate of drug-likeness (QED) is 0.423. The maximum absolute atomic E-state index is 5.47. The average molecular weight is 217 g/mol. The summed E-state index contributed by atoms with van der Waals surface area (Å²) in [5, 5.41) is 0.538. The van der Waals surface area contributed by atoms with Crippen LogP contribution in [0.4, 0.5) is 0 Å². The second kappa shape index (κ2) is 11.4. The lowest BCUT2D eigenvalue weighted by Crippen LogP contribution is -2.08. The summed E-state index contributed by atoms with van der Waals surface area (Å²) in [6, 6.07) is 0. The summed E-state index contributed by atoms with van der Waals surface area (Å²) in [7, 11) is 0. The molecule has 0 aromatic carbocycles. The van der Waals surface area contributed by atoms with Crippen LogP contribution in [0, 0.1) is 0 Å². The maximum atomic E-state index is 5.47. The van der Waals surface area contributed by atoms with Crippen LogP contribution in [0.2, 0.25) is 0 Å². The lowest BCUT2D eigenvalue weighted by Gasteiger charge is -2.08. The van der Waals surface area contributed by atoms with Crippen LogP contribution in [0.25, 0.3) is 0 Å². The highest BCUT2D eigenvalue weighted by molar-refractivity contribution is 7.80. The normalized spacial score (nSPS) is 13.1. The van der Waals surface area contributed by atoms with Gasteiger partial charge in [0.05, 0.1) is 0 Å². The second-order valence-electron chi connectivity index (χ2n) is 4.14. The highest BCUT2D eigenvalue weighted by Crippen LogP contribution is 2.13. The summed E-state index contributed by atoms with van der Waals surface area (Å²) in [5.74, 6) is 0. The van der Waals surface area contributed by atoms with Crippen molar-refractivity contribution >= 4 is 12.6 Å². The molecule has 1 unspecified atom stereocenters. The number of hydrogen-bond donors (Lipinski definition) is 2. The van der Waals surface area contributed by atoms with Crippen LogP contribution in [-0.4, -0.2) is 11.8 Å². The molecule has 0 aliphatic carbocycles. The third-order valence-corrected chi connectivity index (χ3v) is 3.16. The Hall–Kier alpha value is 0.310. The molecule has 0 aliphatic rings. The first-order valence-electron chi connectivity index (χ1n) is 6.19. The van der Waals surface area contributed by atoms with Gasteiger partial charge in [0, 0.05) is 5.25 Å². The van der Waals surface area contributed by atoms with Crippen molar-refractivity contribution in [2.75, 3.05) is 6.54 Å². The van der Waals surface area contributed by atoms with Crippen molar-refractivity contribution in [3.63, 3.8) is 0 Å². The predicted octanol–water partition coefficient (Wildman–Crippen LogP) is 3.77. The Bertz CT molecular complexity index is 106. The maximum Gasteiger partial charge on any atom is 0.00288 e. The predicted molar refractivity (Wildman–Crippen MR) is 69.1 cm³/mol. The highest BCUT2D eigenvalue weighted by atomic mass is 32.1. The van der Waals surface area contributed by atoms with E-state index in [1.54, 1.807) is 0 Å². The fourth-order valence-electron chi connectivity index (χ4n) is 1.67. The Balaban J connectivity index is 2.98. The molecule has 2 N–H and O–H groups in total. The van der Waals surface area contributed by atoms with Crippen molar-refractivity contribution in [1.29, 1.82) is 0 Å². The van der Waals surface area contributed by atoms with Crippen molar-refractivity contribution in [1.82, 2.24) is 0 Å². The molecule has 0 heterocycles. The molecule has 0 aromatic rings. The molecule has 0 saturated heterocycles. The van der Waals surface area contributed by atoms with E-state index in [1.807, 2.05) is 0 Å². The molecule has 0 aliphatic heterocycles. The van der Waals surface area contributed by atoms with Gasteiger partial charge in [-0.1, -0.05) is 51.9 Å². The van der Waals surface area contributed by atoms with E-state index in [-0.39, 0.29) is 0 Å². The minimum atomic E-state index is 0.538. The van der Waals surface area contributed by atoms with E-state index >= 15 is 0 Å². The first-order valence-corrected chi connectivity index (χ1v) is 6.71. The summed E-state index contributed by atoms with van der Waals surface area (Å²) in [4.78, 5) is 0. The van der Waals surface area contributed by atoms with E-state index in [4.69, 9.17) is 5.73 Å². The zero-order valence-electron chi connectivity index (χ0n) is 9.67. The van der Waals surface area contributed by atoms with Gasteiger partial charge < -0.3 is 5.73 Å². The number of unbranched alkanes of at least 4 members (excludes halogenated alkanes) is 6. The van der Waals surface area contributed by atoms with Crippen LogP contribution < -0.4 is 5.73 Å².